The lowest BCUT2D eigenvalue weighted by atomic mass is 10.1. The molecular formula is C18H14FN5O. The molecule has 3 heterocycles. The molecule has 0 radical (unpaired) electrons. The van der Waals surface area contributed by atoms with E-state index in [0.29, 0.717) is 29.6 Å². The van der Waals surface area contributed by atoms with Crippen LogP contribution in [-0.4, -0.2) is 25.0 Å². The van der Waals surface area contributed by atoms with E-state index in [1.807, 2.05) is 36.5 Å². The van der Waals surface area contributed by atoms with Crippen LogP contribution in [0.25, 0.3) is 22.5 Å². The largest absolute Gasteiger partial charge is 0.424 e. The Morgan fingerprint density at radius 2 is 1.96 bits per heavy atom. The molecule has 3 aromatic heterocycles. The lowest BCUT2D eigenvalue weighted by Crippen LogP contribution is -2.00. The Labute approximate surface area is 143 Å². The monoisotopic (exact) mass is 335 g/mol. The van der Waals surface area contributed by atoms with Crippen molar-refractivity contribution >= 4 is 0 Å². The number of halogens is 1. The third-order valence-corrected chi connectivity index (χ3v) is 3.70. The second kappa shape index (κ2) is 6.27. The molecule has 0 N–H and O–H groups in total. The topological polar surface area (TPSA) is 69.6 Å². The van der Waals surface area contributed by atoms with Crippen LogP contribution >= 0.6 is 0 Å². The van der Waals surface area contributed by atoms with E-state index in [-0.39, 0.29) is 5.82 Å². The molecule has 0 spiro atoms. The van der Waals surface area contributed by atoms with Crippen LogP contribution in [0.15, 0.2) is 59.3 Å². The summed E-state index contributed by atoms with van der Waals surface area (Å²) in [6.45, 7) is 2.14. The molecule has 0 atom stereocenters. The Hall–Kier alpha value is -3.35. The van der Waals surface area contributed by atoms with Crippen molar-refractivity contribution in [2.24, 2.45) is 0 Å². The lowest BCUT2D eigenvalue weighted by molar-refractivity contribution is 0.444. The van der Waals surface area contributed by atoms with Gasteiger partial charge in [0.15, 0.2) is 0 Å². The summed E-state index contributed by atoms with van der Waals surface area (Å²) in [4.78, 5) is 4.12. The van der Waals surface area contributed by atoms with Crippen molar-refractivity contribution in [1.29, 1.82) is 0 Å². The summed E-state index contributed by atoms with van der Waals surface area (Å²) in [6.07, 6.45) is 3.41. The van der Waals surface area contributed by atoms with Crippen LogP contribution < -0.4 is 0 Å². The van der Waals surface area contributed by atoms with Crippen LogP contribution in [0.1, 0.15) is 11.8 Å². The Morgan fingerprint density at radius 3 is 2.76 bits per heavy atom. The van der Waals surface area contributed by atoms with E-state index >= 15 is 0 Å². The minimum absolute atomic E-state index is 0.324. The Balaban J connectivity index is 1.62. The Morgan fingerprint density at radius 1 is 1.08 bits per heavy atom. The van der Waals surface area contributed by atoms with Gasteiger partial charge in [-0.3, -0.25) is 9.67 Å². The maximum Gasteiger partial charge on any atom is 0.237 e. The van der Waals surface area contributed by atoms with Gasteiger partial charge in [-0.2, -0.15) is 5.10 Å². The van der Waals surface area contributed by atoms with Crippen LogP contribution in [0.5, 0.6) is 0 Å². The zero-order valence-electron chi connectivity index (χ0n) is 13.4. The number of hydrogen-bond acceptors (Lipinski definition) is 5. The van der Waals surface area contributed by atoms with Gasteiger partial charge in [0.1, 0.15) is 18.1 Å². The Bertz CT molecular complexity index is 1020. The van der Waals surface area contributed by atoms with Crippen LogP contribution in [0.2, 0.25) is 0 Å². The number of benzene rings is 1. The van der Waals surface area contributed by atoms with Gasteiger partial charge in [-0.1, -0.05) is 18.2 Å². The van der Waals surface area contributed by atoms with Crippen molar-refractivity contribution in [2.75, 3.05) is 0 Å². The van der Waals surface area contributed by atoms with Crippen molar-refractivity contribution in [3.63, 3.8) is 0 Å². The molecule has 4 rings (SSSR count). The van der Waals surface area contributed by atoms with E-state index in [2.05, 4.69) is 20.3 Å². The first-order chi connectivity index (χ1) is 12.2. The number of nitrogens with zero attached hydrogens (tertiary/aromatic N) is 5. The highest BCUT2D eigenvalue weighted by atomic mass is 19.1. The first kappa shape index (κ1) is 15.2. The van der Waals surface area contributed by atoms with E-state index in [1.165, 1.54) is 6.07 Å². The molecule has 0 saturated heterocycles. The fraction of sp³-hybridized carbons (Fsp3) is 0.111. The number of pyridine rings is 1. The van der Waals surface area contributed by atoms with Gasteiger partial charge in [0.25, 0.3) is 0 Å². The zero-order valence-corrected chi connectivity index (χ0v) is 13.4. The molecule has 0 aliphatic rings. The van der Waals surface area contributed by atoms with Crippen LogP contribution in [0, 0.1) is 12.7 Å². The number of aromatic nitrogens is 5. The molecule has 124 valence electrons. The Kier molecular flexibility index (Phi) is 3.81. The molecule has 0 amide bonds. The quantitative estimate of drug-likeness (QED) is 0.571. The molecule has 0 aliphatic heterocycles. The van der Waals surface area contributed by atoms with Crippen molar-refractivity contribution in [1.82, 2.24) is 25.0 Å². The SMILES string of the molecule is Cc1nnc(Cn2ccc(-c3cccc(-c4ncccc4F)c3)n2)o1. The summed E-state index contributed by atoms with van der Waals surface area (Å²) in [5.41, 5.74) is 2.68. The van der Waals surface area contributed by atoms with E-state index in [4.69, 9.17) is 4.42 Å². The fourth-order valence-electron chi connectivity index (χ4n) is 2.57. The van der Waals surface area contributed by atoms with E-state index < -0.39 is 0 Å². The van der Waals surface area contributed by atoms with Crippen LogP contribution in [0.4, 0.5) is 4.39 Å². The fourth-order valence-corrected chi connectivity index (χ4v) is 2.57. The van der Waals surface area contributed by atoms with Crippen molar-refractivity contribution < 1.29 is 8.81 Å². The summed E-state index contributed by atoms with van der Waals surface area (Å²) in [5, 5.41) is 12.3. The minimum Gasteiger partial charge on any atom is -0.424 e. The first-order valence-electron chi connectivity index (χ1n) is 7.73. The average Bonchev–Trinajstić information content (AvgIpc) is 3.25. The second-order valence-electron chi connectivity index (χ2n) is 5.53. The standard InChI is InChI=1S/C18H14FN5O/c1-12-21-22-17(25-12)11-24-9-7-16(23-24)13-4-2-5-14(10-13)18-15(19)6-3-8-20-18/h2-10H,11H2,1H3. The van der Waals surface area contributed by atoms with Crippen LogP contribution in [0.3, 0.4) is 0 Å². The maximum atomic E-state index is 14.0. The number of hydrogen-bond donors (Lipinski definition) is 0. The van der Waals surface area contributed by atoms with Crippen LogP contribution in [-0.2, 0) is 6.54 Å². The van der Waals surface area contributed by atoms with Crippen molar-refractivity contribution in [3.8, 4) is 22.5 Å². The van der Waals surface area contributed by atoms with Gasteiger partial charge in [-0.25, -0.2) is 4.39 Å². The molecule has 7 heteroatoms. The predicted octanol–water partition coefficient (Wildman–Crippen LogP) is 3.49. The first-order valence-corrected chi connectivity index (χ1v) is 7.73. The van der Waals surface area contributed by atoms with Gasteiger partial charge >= 0.3 is 0 Å². The summed E-state index contributed by atoms with van der Waals surface area (Å²) in [5.74, 6) is 0.667. The highest BCUT2D eigenvalue weighted by molar-refractivity contribution is 5.69. The third-order valence-electron chi connectivity index (χ3n) is 3.70. The summed E-state index contributed by atoms with van der Waals surface area (Å²) in [7, 11) is 0. The predicted molar refractivity (Wildman–Crippen MR) is 89.0 cm³/mol. The lowest BCUT2D eigenvalue weighted by Gasteiger charge is -2.04. The van der Waals surface area contributed by atoms with Crippen molar-refractivity contribution in [2.45, 2.75) is 13.5 Å². The second-order valence-corrected chi connectivity index (χ2v) is 5.53. The molecule has 1 aromatic carbocycles. The molecule has 4 aromatic rings. The molecule has 0 bridgehead atoms. The molecule has 25 heavy (non-hydrogen) atoms. The average molecular weight is 335 g/mol. The van der Waals surface area contributed by atoms with Gasteiger partial charge in [-0.05, 0) is 24.3 Å². The summed E-state index contributed by atoms with van der Waals surface area (Å²) < 4.78 is 21.0. The van der Waals surface area contributed by atoms with Gasteiger partial charge < -0.3 is 4.42 Å². The molecule has 0 saturated carbocycles. The maximum absolute atomic E-state index is 14.0. The minimum atomic E-state index is -0.350. The van der Waals surface area contributed by atoms with E-state index in [0.717, 1.165) is 11.3 Å². The summed E-state index contributed by atoms with van der Waals surface area (Å²) >= 11 is 0. The van der Waals surface area contributed by atoms with E-state index in [1.54, 1.807) is 23.9 Å². The zero-order chi connectivity index (χ0) is 17.2. The molecule has 0 aliphatic carbocycles. The normalized spacial score (nSPS) is 11.0. The van der Waals surface area contributed by atoms with Gasteiger partial charge in [0.05, 0.1) is 5.69 Å². The molecule has 0 fully saturated rings. The highest BCUT2D eigenvalue weighted by Crippen LogP contribution is 2.25. The van der Waals surface area contributed by atoms with E-state index in [9.17, 15) is 4.39 Å². The molecule has 6 nitrogen and oxygen atoms in total. The molecule has 0 unspecified atom stereocenters. The van der Waals surface area contributed by atoms with Crippen molar-refractivity contribution in [3.05, 3.63) is 72.5 Å². The van der Waals surface area contributed by atoms with Gasteiger partial charge in [0, 0.05) is 30.4 Å². The smallest absolute Gasteiger partial charge is 0.237 e. The van der Waals surface area contributed by atoms with Gasteiger partial charge in [-0.15, -0.1) is 10.2 Å². The third kappa shape index (κ3) is 3.16. The highest BCUT2D eigenvalue weighted by Gasteiger charge is 2.10. The molecular weight excluding hydrogens is 321 g/mol. The van der Waals surface area contributed by atoms with Gasteiger partial charge in [0.2, 0.25) is 11.8 Å². The number of aryl methyl sites for hydroxylation is 1. The number of rotatable bonds is 4. The summed E-state index contributed by atoms with van der Waals surface area (Å²) in [6, 6.07) is 12.3.